The maximum absolute atomic E-state index is 6.60. The lowest BCUT2D eigenvalue weighted by atomic mass is 9.93. The molecule has 0 aliphatic heterocycles. The molecule has 0 spiro atoms. The Morgan fingerprint density at radius 2 is 0.887 bits per heavy atom. The van der Waals surface area contributed by atoms with E-state index in [9.17, 15) is 0 Å². The molecule has 244 valence electrons. The zero-order valence-corrected chi connectivity index (χ0v) is 28.2. The predicted molar refractivity (Wildman–Crippen MR) is 216 cm³/mol. The van der Waals surface area contributed by atoms with Gasteiger partial charge in [0.25, 0.3) is 0 Å². The molecule has 0 saturated carbocycles. The third kappa shape index (κ3) is 4.02. The molecule has 0 bridgehead atoms. The van der Waals surface area contributed by atoms with Crippen molar-refractivity contribution < 1.29 is 4.42 Å². The molecule has 8 aromatic carbocycles. The van der Waals surface area contributed by atoms with Crippen LogP contribution >= 0.6 is 0 Å². The van der Waals surface area contributed by atoms with Gasteiger partial charge in [-0.3, -0.25) is 0 Å². The molecule has 53 heavy (non-hydrogen) atoms. The van der Waals surface area contributed by atoms with Crippen LogP contribution in [0.2, 0.25) is 0 Å². The largest absolute Gasteiger partial charge is 0.455 e. The highest BCUT2D eigenvalue weighted by Gasteiger charge is 2.28. The molecule has 1 aliphatic rings. The summed E-state index contributed by atoms with van der Waals surface area (Å²) >= 11 is 0. The fourth-order valence-electron chi connectivity index (χ4n) is 8.50. The van der Waals surface area contributed by atoms with Gasteiger partial charge in [-0.1, -0.05) is 146 Å². The molecule has 0 unspecified atom stereocenters. The van der Waals surface area contributed by atoms with Gasteiger partial charge in [-0.05, 0) is 50.0 Å². The summed E-state index contributed by atoms with van der Waals surface area (Å²) in [5, 5.41) is 10.2. The SMILES string of the molecule is c1ccc(-c2cccc3c2oc2cccc(-c4nc5c6c(nc(-c7ccc8c9ccccc9c9ccccc9c8c7)nc6n4)-c4ccccc4-5)c23)cc1. The summed E-state index contributed by atoms with van der Waals surface area (Å²) in [7, 11) is 0. The molecule has 0 amide bonds. The Kier molecular flexibility index (Phi) is 5.71. The van der Waals surface area contributed by atoms with Crippen LogP contribution in [0.15, 0.2) is 162 Å². The molecule has 3 aromatic heterocycles. The van der Waals surface area contributed by atoms with E-state index in [0.29, 0.717) is 17.3 Å². The summed E-state index contributed by atoms with van der Waals surface area (Å²) < 4.78 is 6.60. The maximum atomic E-state index is 6.60. The first-order chi connectivity index (χ1) is 26.3. The average molecular weight is 675 g/mol. The van der Waals surface area contributed by atoms with Gasteiger partial charge in [0.05, 0.1) is 16.8 Å². The summed E-state index contributed by atoms with van der Waals surface area (Å²) in [5.41, 5.74) is 10.1. The number of rotatable bonds is 3. The minimum atomic E-state index is 0.606. The zero-order chi connectivity index (χ0) is 34.6. The first-order valence-electron chi connectivity index (χ1n) is 17.8. The van der Waals surface area contributed by atoms with Crippen LogP contribution in [0.25, 0.3) is 122 Å². The van der Waals surface area contributed by atoms with Gasteiger partial charge >= 0.3 is 0 Å². The Balaban J connectivity index is 1.11. The minimum absolute atomic E-state index is 0.606. The topological polar surface area (TPSA) is 64.7 Å². The Morgan fingerprint density at radius 1 is 0.340 bits per heavy atom. The Bertz CT molecular complexity index is 3310. The van der Waals surface area contributed by atoms with Crippen molar-refractivity contribution in [2.75, 3.05) is 0 Å². The van der Waals surface area contributed by atoms with E-state index in [0.717, 1.165) is 72.1 Å². The number of hydrogen-bond donors (Lipinski definition) is 0. The first kappa shape index (κ1) is 28.5. The Hall–Kier alpha value is -7.24. The van der Waals surface area contributed by atoms with Gasteiger partial charge in [0.1, 0.15) is 11.2 Å². The predicted octanol–water partition coefficient (Wildman–Crippen LogP) is 12.4. The summed E-state index contributed by atoms with van der Waals surface area (Å²) in [6, 6.07) is 55.1. The molecular formula is C48H26N4O. The lowest BCUT2D eigenvalue weighted by molar-refractivity contribution is 0.670. The molecule has 5 heteroatoms. The van der Waals surface area contributed by atoms with Crippen LogP contribution in [0, 0.1) is 0 Å². The second kappa shape index (κ2) is 10.6. The molecule has 5 nitrogen and oxygen atoms in total. The maximum Gasteiger partial charge on any atom is 0.168 e. The second-order valence-corrected chi connectivity index (χ2v) is 13.7. The van der Waals surface area contributed by atoms with Crippen molar-refractivity contribution in [3.8, 4) is 56.4 Å². The van der Waals surface area contributed by atoms with Crippen molar-refractivity contribution in [3.05, 3.63) is 158 Å². The number of furan rings is 1. The summed E-state index contributed by atoms with van der Waals surface area (Å²) in [6.45, 7) is 0. The lowest BCUT2D eigenvalue weighted by Gasteiger charge is -2.12. The van der Waals surface area contributed by atoms with Crippen LogP contribution < -0.4 is 0 Å². The number of aromatic nitrogens is 4. The van der Waals surface area contributed by atoms with Crippen molar-refractivity contribution in [1.29, 1.82) is 0 Å². The van der Waals surface area contributed by atoms with Gasteiger partial charge in [0.15, 0.2) is 17.3 Å². The Labute approximate surface area is 302 Å². The van der Waals surface area contributed by atoms with Crippen LogP contribution in [-0.4, -0.2) is 19.9 Å². The highest BCUT2D eigenvalue weighted by Crippen LogP contribution is 2.47. The fourth-order valence-corrected chi connectivity index (χ4v) is 8.50. The number of hydrogen-bond acceptors (Lipinski definition) is 5. The van der Waals surface area contributed by atoms with E-state index in [1.807, 2.05) is 18.2 Å². The number of benzene rings is 8. The highest BCUT2D eigenvalue weighted by molar-refractivity contribution is 6.26. The van der Waals surface area contributed by atoms with Crippen LogP contribution in [0.4, 0.5) is 0 Å². The third-order valence-corrected chi connectivity index (χ3v) is 10.8. The molecule has 0 N–H and O–H groups in total. The number of fused-ring (bicyclic) bond motifs is 12. The lowest BCUT2D eigenvalue weighted by Crippen LogP contribution is -1.98. The normalized spacial score (nSPS) is 12.2. The van der Waals surface area contributed by atoms with Gasteiger partial charge in [-0.2, -0.15) is 0 Å². The molecule has 12 rings (SSSR count). The molecule has 3 heterocycles. The van der Waals surface area contributed by atoms with Crippen LogP contribution in [-0.2, 0) is 0 Å². The van der Waals surface area contributed by atoms with Crippen molar-refractivity contribution >= 4 is 65.3 Å². The van der Waals surface area contributed by atoms with Crippen molar-refractivity contribution in [3.63, 3.8) is 0 Å². The molecular weight excluding hydrogens is 649 g/mol. The van der Waals surface area contributed by atoms with E-state index in [-0.39, 0.29) is 0 Å². The average Bonchev–Trinajstić information content (AvgIpc) is 3.77. The van der Waals surface area contributed by atoms with E-state index in [2.05, 4.69) is 140 Å². The monoisotopic (exact) mass is 674 g/mol. The number of nitrogens with zero attached hydrogens (tertiary/aromatic N) is 4. The van der Waals surface area contributed by atoms with Gasteiger partial charge < -0.3 is 4.42 Å². The molecule has 0 saturated heterocycles. The van der Waals surface area contributed by atoms with E-state index < -0.39 is 0 Å². The molecule has 0 fully saturated rings. The van der Waals surface area contributed by atoms with Crippen molar-refractivity contribution in [2.45, 2.75) is 0 Å². The summed E-state index contributed by atoms with van der Waals surface area (Å²) in [6.07, 6.45) is 0. The zero-order valence-electron chi connectivity index (χ0n) is 28.2. The Morgan fingerprint density at radius 3 is 1.62 bits per heavy atom. The third-order valence-electron chi connectivity index (χ3n) is 10.8. The van der Waals surface area contributed by atoms with Gasteiger partial charge in [0.2, 0.25) is 0 Å². The van der Waals surface area contributed by atoms with Gasteiger partial charge in [0, 0.05) is 38.6 Å². The van der Waals surface area contributed by atoms with Gasteiger partial charge in [-0.25, -0.2) is 19.9 Å². The summed E-state index contributed by atoms with van der Waals surface area (Å²) in [4.78, 5) is 21.0. The molecule has 0 atom stereocenters. The van der Waals surface area contributed by atoms with Crippen LogP contribution in [0.1, 0.15) is 0 Å². The van der Waals surface area contributed by atoms with Gasteiger partial charge in [-0.15, -0.1) is 0 Å². The highest BCUT2D eigenvalue weighted by atomic mass is 16.3. The standard InChI is InChI=1S/C48H26N4O/c1-2-12-27(13-3-1)29-20-10-21-37-41-38(22-11-23-40(41)53-45(29)37)47-50-44-36-19-9-8-18-35(36)43-42(44)48(52-47)51-46(49-43)28-24-25-34-32-16-5-4-14-30(32)31-15-6-7-17-33(31)39(34)26-28/h1-26H. The first-order valence-corrected chi connectivity index (χ1v) is 17.8. The minimum Gasteiger partial charge on any atom is -0.455 e. The molecule has 0 radical (unpaired) electrons. The van der Waals surface area contributed by atoms with E-state index in [4.69, 9.17) is 24.4 Å². The van der Waals surface area contributed by atoms with Crippen LogP contribution in [0.3, 0.4) is 0 Å². The molecule has 11 aromatic rings. The van der Waals surface area contributed by atoms with Crippen molar-refractivity contribution in [1.82, 2.24) is 19.9 Å². The second-order valence-electron chi connectivity index (χ2n) is 13.7. The molecule has 1 aliphatic carbocycles. The van der Waals surface area contributed by atoms with Crippen molar-refractivity contribution in [2.24, 2.45) is 0 Å². The van der Waals surface area contributed by atoms with Crippen LogP contribution in [0.5, 0.6) is 0 Å². The van der Waals surface area contributed by atoms with E-state index in [1.165, 1.54) is 32.3 Å². The van der Waals surface area contributed by atoms with E-state index >= 15 is 0 Å². The number of para-hydroxylation sites is 1. The smallest absolute Gasteiger partial charge is 0.168 e. The van der Waals surface area contributed by atoms with E-state index in [1.54, 1.807) is 0 Å². The summed E-state index contributed by atoms with van der Waals surface area (Å²) in [5.74, 6) is 1.24. The fraction of sp³-hybridized carbons (Fsp3) is 0. The quantitative estimate of drug-likeness (QED) is 0.175.